The predicted molar refractivity (Wildman–Crippen MR) is 55.5 cm³/mol. The third kappa shape index (κ3) is 14.4. The maximum absolute atomic E-state index is 10.5. The van der Waals surface area contributed by atoms with Gasteiger partial charge in [0, 0.05) is 0 Å². The SMILES string of the molecule is CCC([O-])N(C)C.CCC([O-])N(C)C.[Cu+2]. The van der Waals surface area contributed by atoms with Crippen molar-refractivity contribution in [2.45, 2.75) is 39.1 Å². The standard InChI is InChI=1S/2C5H12NO.Cu/c2*1-4-5(7)6(2)3;/h2*5H,4H2,1-3H3;/q2*-1;+2. The minimum Gasteiger partial charge on any atom is -0.841 e. The molecule has 97 valence electrons. The third-order valence-corrected chi connectivity index (χ3v) is 1.85. The molecule has 0 rings (SSSR count). The smallest absolute Gasteiger partial charge is 0.841 e. The van der Waals surface area contributed by atoms with Crippen LogP contribution in [0.3, 0.4) is 0 Å². The Morgan fingerprint density at radius 2 is 1.00 bits per heavy atom. The van der Waals surface area contributed by atoms with Crippen LogP contribution >= 0.6 is 0 Å². The van der Waals surface area contributed by atoms with Crippen molar-refractivity contribution in [3.63, 3.8) is 0 Å². The van der Waals surface area contributed by atoms with Crippen molar-refractivity contribution in [2.75, 3.05) is 28.2 Å². The first-order chi connectivity index (χ1) is 6.36. The Kier molecular flexibility index (Phi) is 17.2. The van der Waals surface area contributed by atoms with Gasteiger partial charge >= 0.3 is 17.1 Å². The molecule has 0 heterocycles. The number of rotatable bonds is 4. The Morgan fingerprint density at radius 1 is 0.800 bits per heavy atom. The van der Waals surface area contributed by atoms with Crippen molar-refractivity contribution in [3.05, 3.63) is 0 Å². The second kappa shape index (κ2) is 12.4. The second-order valence-corrected chi connectivity index (χ2v) is 3.65. The average Bonchev–Trinajstić information content (AvgIpc) is 2.15. The summed E-state index contributed by atoms with van der Waals surface area (Å²) in [6, 6.07) is 0. The molecule has 0 N–H and O–H groups in total. The summed E-state index contributed by atoms with van der Waals surface area (Å²) in [7, 11) is 7.17. The molecule has 0 aromatic rings. The molecule has 0 aromatic heterocycles. The van der Waals surface area contributed by atoms with Gasteiger partial charge in [0.05, 0.1) is 0 Å². The van der Waals surface area contributed by atoms with Gasteiger partial charge in [-0.15, -0.1) is 0 Å². The molecule has 0 amide bonds. The fourth-order valence-corrected chi connectivity index (χ4v) is 0.730. The molecule has 15 heavy (non-hydrogen) atoms. The zero-order valence-electron chi connectivity index (χ0n) is 10.6. The van der Waals surface area contributed by atoms with Crippen molar-refractivity contribution >= 4 is 0 Å². The van der Waals surface area contributed by atoms with Gasteiger partial charge in [0.15, 0.2) is 0 Å². The third-order valence-electron chi connectivity index (χ3n) is 1.85. The number of nitrogens with zero attached hydrogens (tertiary/aromatic N) is 2. The predicted octanol–water partition coefficient (Wildman–Crippen LogP) is -0.714. The molecular formula is C10H24CuN2O2. The maximum Gasteiger partial charge on any atom is 2.00 e. The first-order valence-corrected chi connectivity index (χ1v) is 5.01. The first-order valence-electron chi connectivity index (χ1n) is 5.01. The maximum atomic E-state index is 10.5. The summed E-state index contributed by atoms with van der Waals surface area (Å²) in [6.45, 7) is 3.77. The molecule has 4 nitrogen and oxygen atoms in total. The van der Waals surface area contributed by atoms with E-state index in [0.29, 0.717) is 12.8 Å². The molecular weight excluding hydrogens is 244 g/mol. The molecule has 2 unspecified atom stereocenters. The fourth-order valence-electron chi connectivity index (χ4n) is 0.730. The molecule has 5 heteroatoms. The van der Waals surface area contributed by atoms with Crippen LogP contribution in [-0.4, -0.2) is 50.4 Å². The van der Waals surface area contributed by atoms with Crippen molar-refractivity contribution in [3.8, 4) is 0 Å². The van der Waals surface area contributed by atoms with Gasteiger partial charge in [0.2, 0.25) is 0 Å². The minimum atomic E-state index is -0.514. The van der Waals surface area contributed by atoms with Crippen LogP contribution in [0, 0.1) is 0 Å². The summed E-state index contributed by atoms with van der Waals surface area (Å²) in [6.07, 6.45) is 0.347. The Morgan fingerprint density at radius 3 is 1.00 bits per heavy atom. The summed E-state index contributed by atoms with van der Waals surface area (Å²) in [5, 5.41) is 21.0. The van der Waals surface area contributed by atoms with E-state index in [9.17, 15) is 10.2 Å². The van der Waals surface area contributed by atoms with Crippen molar-refractivity contribution < 1.29 is 27.3 Å². The van der Waals surface area contributed by atoms with Crippen molar-refractivity contribution in [1.82, 2.24) is 9.80 Å². The molecule has 0 bridgehead atoms. The van der Waals surface area contributed by atoms with E-state index < -0.39 is 12.5 Å². The average molecular weight is 268 g/mol. The summed E-state index contributed by atoms with van der Waals surface area (Å²) >= 11 is 0. The summed E-state index contributed by atoms with van der Waals surface area (Å²) < 4.78 is 0. The Labute approximate surface area is 105 Å². The van der Waals surface area contributed by atoms with Crippen LogP contribution in [0.5, 0.6) is 0 Å². The molecule has 1 radical (unpaired) electrons. The Hall–Kier alpha value is 0.359. The van der Waals surface area contributed by atoms with E-state index in [1.165, 1.54) is 0 Å². The Bertz CT molecular complexity index is 110. The van der Waals surface area contributed by atoms with Crippen LogP contribution in [0.2, 0.25) is 0 Å². The quantitative estimate of drug-likeness (QED) is 0.499. The van der Waals surface area contributed by atoms with Crippen molar-refractivity contribution in [1.29, 1.82) is 0 Å². The molecule has 0 aromatic carbocycles. The topological polar surface area (TPSA) is 52.6 Å². The van der Waals surface area contributed by atoms with Gasteiger partial charge in [-0.2, -0.15) is 0 Å². The van der Waals surface area contributed by atoms with Gasteiger partial charge in [0.1, 0.15) is 0 Å². The van der Waals surface area contributed by atoms with E-state index in [1.54, 1.807) is 38.0 Å². The zero-order chi connectivity index (χ0) is 11.7. The molecule has 0 saturated heterocycles. The van der Waals surface area contributed by atoms with Gasteiger partial charge < -0.3 is 20.0 Å². The number of hydrogen-bond donors (Lipinski definition) is 0. The molecule has 0 aliphatic carbocycles. The first kappa shape index (κ1) is 20.7. The second-order valence-electron chi connectivity index (χ2n) is 3.65. The fraction of sp³-hybridized carbons (Fsp3) is 1.00. The van der Waals surface area contributed by atoms with Crippen LogP contribution in [0.15, 0.2) is 0 Å². The molecule has 2 atom stereocenters. The molecule has 0 spiro atoms. The van der Waals surface area contributed by atoms with Crippen LogP contribution < -0.4 is 10.2 Å². The van der Waals surface area contributed by atoms with E-state index in [0.717, 1.165) is 0 Å². The van der Waals surface area contributed by atoms with Crippen LogP contribution in [-0.2, 0) is 17.1 Å². The van der Waals surface area contributed by atoms with Crippen molar-refractivity contribution in [2.24, 2.45) is 0 Å². The van der Waals surface area contributed by atoms with Gasteiger partial charge in [-0.3, -0.25) is 0 Å². The molecule has 0 aliphatic rings. The largest absolute Gasteiger partial charge is 2.00 e. The molecule has 0 fully saturated rings. The summed E-state index contributed by atoms with van der Waals surface area (Å²) in [5.74, 6) is 0. The zero-order valence-corrected chi connectivity index (χ0v) is 11.5. The number of hydrogen-bond acceptors (Lipinski definition) is 4. The van der Waals surface area contributed by atoms with Crippen LogP contribution in [0.1, 0.15) is 26.7 Å². The van der Waals surface area contributed by atoms with E-state index in [1.807, 2.05) is 13.8 Å². The van der Waals surface area contributed by atoms with Gasteiger partial charge in [-0.05, 0) is 28.2 Å². The van der Waals surface area contributed by atoms with E-state index in [-0.39, 0.29) is 17.1 Å². The van der Waals surface area contributed by atoms with Gasteiger partial charge in [-0.1, -0.05) is 39.1 Å². The van der Waals surface area contributed by atoms with Gasteiger partial charge in [-0.25, -0.2) is 0 Å². The van der Waals surface area contributed by atoms with Gasteiger partial charge in [0.25, 0.3) is 0 Å². The Balaban J connectivity index is -0.000000180. The van der Waals surface area contributed by atoms with E-state index in [2.05, 4.69) is 0 Å². The summed E-state index contributed by atoms with van der Waals surface area (Å²) in [5.41, 5.74) is 0. The normalized spacial score (nSPS) is 14.0. The molecule has 0 aliphatic heterocycles. The molecule has 0 saturated carbocycles. The van der Waals surface area contributed by atoms with Crippen LogP contribution in [0.4, 0.5) is 0 Å². The monoisotopic (exact) mass is 267 g/mol. The summed E-state index contributed by atoms with van der Waals surface area (Å²) in [4.78, 5) is 3.33. The van der Waals surface area contributed by atoms with E-state index in [4.69, 9.17) is 0 Å². The van der Waals surface area contributed by atoms with Crippen LogP contribution in [0.25, 0.3) is 0 Å². The van der Waals surface area contributed by atoms with E-state index >= 15 is 0 Å². The minimum absolute atomic E-state index is 0.